The summed E-state index contributed by atoms with van der Waals surface area (Å²) in [6.45, 7) is 4.71. The summed E-state index contributed by atoms with van der Waals surface area (Å²) in [4.78, 5) is 12.7. The molecule has 0 spiro atoms. The van der Waals surface area contributed by atoms with Crippen LogP contribution < -0.4 is 5.32 Å². The Balaban J connectivity index is 1.80. The van der Waals surface area contributed by atoms with Gasteiger partial charge in [-0.2, -0.15) is 0 Å². The molecular weight excluding hydrogens is 354 g/mol. The monoisotopic (exact) mass is 375 g/mol. The van der Waals surface area contributed by atoms with Crippen molar-refractivity contribution in [2.45, 2.75) is 24.5 Å². The number of ether oxygens (including phenoxy) is 2. The van der Waals surface area contributed by atoms with E-state index in [1.165, 1.54) is 12.1 Å². The Bertz CT molecular complexity index is 929. The van der Waals surface area contributed by atoms with Crippen LogP contribution in [0.15, 0.2) is 47.4 Å². The molecular formula is C19H21NO5S. The molecule has 1 saturated heterocycles. The molecule has 26 heavy (non-hydrogen) atoms. The second kappa shape index (κ2) is 6.83. The summed E-state index contributed by atoms with van der Waals surface area (Å²) < 4.78 is 34.7. The van der Waals surface area contributed by atoms with Crippen LogP contribution in [0.3, 0.4) is 0 Å². The Morgan fingerprint density at radius 3 is 2.27 bits per heavy atom. The SMILES string of the molecule is Cc1ccc(S(C)(=O)=O)cc1C(=O)Nc1ccc(C2(C)OCCO2)cc1. The van der Waals surface area contributed by atoms with Gasteiger partial charge in [-0.25, -0.2) is 8.42 Å². The van der Waals surface area contributed by atoms with Crippen LogP contribution in [-0.2, 0) is 25.1 Å². The number of anilines is 1. The van der Waals surface area contributed by atoms with E-state index < -0.39 is 15.6 Å². The van der Waals surface area contributed by atoms with Crippen LogP contribution in [0, 0.1) is 6.92 Å². The van der Waals surface area contributed by atoms with Crippen LogP contribution in [0.25, 0.3) is 0 Å². The second-order valence-corrected chi connectivity index (χ2v) is 8.44. The van der Waals surface area contributed by atoms with Crippen LogP contribution in [0.5, 0.6) is 0 Å². The lowest BCUT2D eigenvalue weighted by Crippen LogP contribution is -2.22. The van der Waals surface area contributed by atoms with E-state index in [-0.39, 0.29) is 10.8 Å². The molecule has 2 aromatic rings. The molecule has 1 aliphatic heterocycles. The number of hydrogen-bond donors (Lipinski definition) is 1. The van der Waals surface area contributed by atoms with Gasteiger partial charge < -0.3 is 14.8 Å². The van der Waals surface area contributed by atoms with Crippen LogP contribution in [0.2, 0.25) is 0 Å². The zero-order valence-electron chi connectivity index (χ0n) is 14.9. The lowest BCUT2D eigenvalue weighted by Gasteiger charge is -2.22. The average Bonchev–Trinajstić information content (AvgIpc) is 3.02. The standard InChI is InChI=1S/C19H21NO5S/c1-13-4-9-16(26(3,22)23)12-17(13)18(21)20-15-7-5-14(6-8-15)19(2)24-10-11-25-19/h4-9,12H,10-11H2,1-3H3,(H,20,21). The van der Waals surface area contributed by atoms with E-state index in [1.807, 2.05) is 19.1 Å². The molecule has 0 saturated carbocycles. The zero-order valence-corrected chi connectivity index (χ0v) is 15.7. The van der Waals surface area contributed by atoms with Crippen molar-refractivity contribution in [3.8, 4) is 0 Å². The molecule has 7 heteroatoms. The van der Waals surface area contributed by atoms with Gasteiger partial charge in [0.1, 0.15) is 0 Å². The molecule has 0 unspecified atom stereocenters. The van der Waals surface area contributed by atoms with Gasteiger partial charge in [0.2, 0.25) is 0 Å². The Morgan fingerprint density at radius 2 is 1.69 bits per heavy atom. The van der Waals surface area contributed by atoms with Crippen LogP contribution in [-0.4, -0.2) is 33.8 Å². The Hall–Kier alpha value is -2.22. The summed E-state index contributed by atoms with van der Waals surface area (Å²) in [5.41, 5.74) is 2.49. The van der Waals surface area contributed by atoms with Gasteiger partial charge in [0.25, 0.3) is 5.91 Å². The summed E-state index contributed by atoms with van der Waals surface area (Å²) in [5.74, 6) is -1.12. The van der Waals surface area contributed by atoms with E-state index in [0.29, 0.717) is 30.0 Å². The molecule has 1 N–H and O–H groups in total. The first-order chi connectivity index (χ1) is 12.2. The molecule has 138 valence electrons. The summed E-state index contributed by atoms with van der Waals surface area (Å²) in [5, 5.41) is 2.79. The number of nitrogens with one attached hydrogen (secondary N) is 1. The van der Waals surface area contributed by atoms with Crippen molar-refractivity contribution in [3.05, 3.63) is 59.2 Å². The summed E-state index contributed by atoms with van der Waals surface area (Å²) >= 11 is 0. The van der Waals surface area contributed by atoms with Crippen molar-refractivity contribution in [1.82, 2.24) is 0 Å². The maximum absolute atomic E-state index is 12.6. The Kier molecular flexibility index (Phi) is 4.88. The molecule has 1 fully saturated rings. The Morgan fingerprint density at radius 1 is 1.08 bits per heavy atom. The van der Waals surface area contributed by atoms with Gasteiger partial charge in [-0.15, -0.1) is 0 Å². The topological polar surface area (TPSA) is 81.7 Å². The van der Waals surface area contributed by atoms with Gasteiger partial charge in [0.05, 0.1) is 18.1 Å². The minimum absolute atomic E-state index is 0.118. The van der Waals surface area contributed by atoms with Crippen molar-refractivity contribution < 1.29 is 22.7 Å². The van der Waals surface area contributed by atoms with E-state index in [0.717, 1.165) is 11.8 Å². The molecule has 0 radical (unpaired) electrons. The highest BCUT2D eigenvalue weighted by Crippen LogP contribution is 2.31. The predicted octanol–water partition coefficient (Wildman–Crippen LogP) is 2.87. The highest BCUT2D eigenvalue weighted by Gasteiger charge is 2.32. The van der Waals surface area contributed by atoms with Crippen molar-refractivity contribution in [2.75, 3.05) is 24.8 Å². The molecule has 1 heterocycles. The number of aryl methyl sites for hydroxylation is 1. The van der Waals surface area contributed by atoms with E-state index in [9.17, 15) is 13.2 Å². The van der Waals surface area contributed by atoms with Crippen LogP contribution in [0.4, 0.5) is 5.69 Å². The van der Waals surface area contributed by atoms with Gasteiger partial charge in [-0.1, -0.05) is 18.2 Å². The quantitative estimate of drug-likeness (QED) is 0.889. The Labute approximate surface area is 153 Å². The fourth-order valence-electron chi connectivity index (χ4n) is 2.81. The van der Waals surface area contributed by atoms with Gasteiger partial charge in [-0.3, -0.25) is 4.79 Å². The van der Waals surface area contributed by atoms with Crippen molar-refractivity contribution in [1.29, 1.82) is 0 Å². The first-order valence-electron chi connectivity index (χ1n) is 8.19. The molecule has 0 bridgehead atoms. The van der Waals surface area contributed by atoms with Crippen molar-refractivity contribution >= 4 is 21.4 Å². The minimum Gasteiger partial charge on any atom is -0.344 e. The third-order valence-electron chi connectivity index (χ3n) is 4.39. The summed E-state index contributed by atoms with van der Waals surface area (Å²) in [6.07, 6.45) is 1.12. The largest absolute Gasteiger partial charge is 0.344 e. The number of hydrogen-bond acceptors (Lipinski definition) is 5. The fourth-order valence-corrected chi connectivity index (χ4v) is 3.46. The molecule has 0 aromatic heterocycles. The maximum Gasteiger partial charge on any atom is 0.255 e. The average molecular weight is 375 g/mol. The van der Waals surface area contributed by atoms with Crippen molar-refractivity contribution in [2.24, 2.45) is 0 Å². The highest BCUT2D eigenvalue weighted by atomic mass is 32.2. The third-order valence-corrected chi connectivity index (χ3v) is 5.50. The number of amides is 1. The third kappa shape index (κ3) is 3.80. The van der Waals surface area contributed by atoms with E-state index >= 15 is 0 Å². The van der Waals surface area contributed by atoms with Gasteiger partial charge in [0, 0.05) is 23.1 Å². The predicted molar refractivity (Wildman–Crippen MR) is 97.9 cm³/mol. The summed E-state index contributed by atoms with van der Waals surface area (Å²) in [7, 11) is -3.38. The minimum atomic E-state index is -3.38. The fraction of sp³-hybridized carbons (Fsp3) is 0.316. The number of carbonyl (C=O) groups excluding carboxylic acids is 1. The van der Waals surface area contributed by atoms with Crippen molar-refractivity contribution in [3.63, 3.8) is 0 Å². The molecule has 2 aromatic carbocycles. The maximum atomic E-state index is 12.6. The first-order valence-corrected chi connectivity index (χ1v) is 10.1. The highest BCUT2D eigenvalue weighted by molar-refractivity contribution is 7.90. The van der Waals surface area contributed by atoms with E-state index in [1.54, 1.807) is 25.1 Å². The molecule has 1 aliphatic rings. The van der Waals surface area contributed by atoms with E-state index in [2.05, 4.69) is 5.32 Å². The zero-order chi connectivity index (χ0) is 18.9. The smallest absolute Gasteiger partial charge is 0.255 e. The molecule has 1 amide bonds. The number of carbonyl (C=O) groups is 1. The molecule has 6 nitrogen and oxygen atoms in total. The van der Waals surface area contributed by atoms with Gasteiger partial charge in [-0.05, 0) is 43.7 Å². The second-order valence-electron chi connectivity index (χ2n) is 6.42. The lowest BCUT2D eigenvalue weighted by atomic mass is 10.1. The lowest BCUT2D eigenvalue weighted by molar-refractivity contribution is -0.149. The molecule has 0 atom stereocenters. The van der Waals surface area contributed by atoms with E-state index in [4.69, 9.17) is 9.47 Å². The molecule has 0 aliphatic carbocycles. The number of benzene rings is 2. The first kappa shape index (κ1) is 18.6. The van der Waals surface area contributed by atoms with Crippen LogP contribution in [0.1, 0.15) is 28.4 Å². The van der Waals surface area contributed by atoms with Gasteiger partial charge >= 0.3 is 0 Å². The molecule has 3 rings (SSSR count). The van der Waals surface area contributed by atoms with Crippen LogP contribution >= 0.6 is 0 Å². The normalized spacial score (nSPS) is 16.4. The number of rotatable bonds is 4. The van der Waals surface area contributed by atoms with Gasteiger partial charge in [0.15, 0.2) is 15.6 Å². The number of sulfone groups is 1. The summed E-state index contributed by atoms with van der Waals surface area (Å²) in [6, 6.07) is 11.7.